The molecule has 0 heterocycles. The Bertz CT molecular complexity index is 2530. The molecule has 0 aliphatic rings. The summed E-state index contributed by atoms with van der Waals surface area (Å²) >= 11 is 0. The third-order valence-corrected chi connectivity index (χ3v) is 19.0. The van der Waals surface area contributed by atoms with Gasteiger partial charge in [-0.3, -0.25) is 37.3 Å². The van der Waals surface area contributed by atoms with E-state index in [1.165, 1.54) is 38.5 Å². The number of carbonyl (C=O) groups is 4. The molecule has 0 aromatic rings. The largest absolute Gasteiger partial charge is 0.472 e. The molecule has 3 N–H and O–H groups in total. The van der Waals surface area contributed by atoms with E-state index in [0.717, 1.165) is 218 Å². The van der Waals surface area contributed by atoms with E-state index < -0.39 is 97.5 Å². The number of allylic oxidation sites excluding steroid dienone is 22. The maximum atomic E-state index is 13.1. The van der Waals surface area contributed by atoms with Gasteiger partial charge in [0.1, 0.15) is 19.3 Å². The molecule has 0 aromatic carbocycles. The number of rotatable bonds is 77. The zero-order valence-electron chi connectivity index (χ0n) is 66.6. The van der Waals surface area contributed by atoms with Gasteiger partial charge in [0.15, 0.2) is 12.2 Å². The average Bonchev–Trinajstić information content (AvgIpc) is 0.928. The molecule has 0 aliphatic heterocycles. The predicted octanol–water partition coefficient (Wildman–Crippen LogP) is 24.4. The van der Waals surface area contributed by atoms with E-state index in [4.69, 9.17) is 37.0 Å². The Hall–Kier alpha value is -4.80. The lowest BCUT2D eigenvalue weighted by Gasteiger charge is -2.21. The summed E-state index contributed by atoms with van der Waals surface area (Å²) in [5, 5.41) is 10.7. The van der Waals surface area contributed by atoms with E-state index in [1.807, 2.05) is 0 Å². The number of aliphatic hydroxyl groups is 1. The van der Waals surface area contributed by atoms with Crippen molar-refractivity contribution in [1.82, 2.24) is 0 Å². The molecular formula is C87H148O17P2. The first-order chi connectivity index (χ1) is 51.7. The zero-order chi connectivity index (χ0) is 77.4. The summed E-state index contributed by atoms with van der Waals surface area (Å²) in [6, 6.07) is 0. The van der Waals surface area contributed by atoms with Gasteiger partial charge in [-0.2, -0.15) is 0 Å². The van der Waals surface area contributed by atoms with Crippen LogP contribution in [0.3, 0.4) is 0 Å². The second kappa shape index (κ2) is 78.3. The van der Waals surface area contributed by atoms with E-state index in [9.17, 15) is 43.2 Å². The van der Waals surface area contributed by atoms with Gasteiger partial charge in [0, 0.05) is 25.7 Å². The average molecular weight is 1530 g/mol. The van der Waals surface area contributed by atoms with E-state index in [1.54, 1.807) is 0 Å². The molecule has 17 nitrogen and oxygen atoms in total. The van der Waals surface area contributed by atoms with E-state index in [-0.39, 0.29) is 25.7 Å². The first-order valence-corrected chi connectivity index (χ1v) is 44.4. The van der Waals surface area contributed by atoms with Gasteiger partial charge in [0.2, 0.25) is 0 Å². The summed E-state index contributed by atoms with van der Waals surface area (Å²) in [5.74, 6) is -2.23. The summed E-state index contributed by atoms with van der Waals surface area (Å²) in [6.45, 7) is 4.57. The van der Waals surface area contributed by atoms with Crippen molar-refractivity contribution in [3.05, 3.63) is 134 Å². The Kier molecular flexibility index (Phi) is 74.8. The molecular weight excluding hydrogens is 1380 g/mol. The summed E-state index contributed by atoms with van der Waals surface area (Å²) in [4.78, 5) is 73.2. The molecule has 5 atom stereocenters. The molecule has 0 saturated carbocycles. The Morgan fingerprint density at radius 2 is 0.491 bits per heavy atom. The third kappa shape index (κ3) is 77.4. The lowest BCUT2D eigenvalue weighted by molar-refractivity contribution is -0.161. The predicted molar refractivity (Wildman–Crippen MR) is 436 cm³/mol. The second-order valence-electron chi connectivity index (χ2n) is 27.3. The van der Waals surface area contributed by atoms with Gasteiger partial charge in [-0.1, -0.05) is 283 Å². The van der Waals surface area contributed by atoms with E-state index >= 15 is 0 Å². The highest BCUT2D eigenvalue weighted by molar-refractivity contribution is 7.47. The van der Waals surface area contributed by atoms with Crippen molar-refractivity contribution in [2.45, 2.75) is 354 Å². The molecule has 0 bridgehead atoms. The van der Waals surface area contributed by atoms with Crippen LogP contribution < -0.4 is 0 Å². The van der Waals surface area contributed by atoms with Crippen molar-refractivity contribution in [1.29, 1.82) is 0 Å². The van der Waals surface area contributed by atoms with Crippen molar-refractivity contribution in [2.75, 3.05) is 39.6 Å². The van der Waals surface area contributed by atoms with Crippen LogP contribution in [-0.2, 0) is 65.4 Å². The van der Waals surface area contributed by atoms with Crippen LogP contribution in [0.1, 0.15) is 336 Å². The van der Waals surface area contributed by atoms with Gasteiger partial charge < -0.3 is 33.8 Å². The highest BCUT2D eigenvalue weighted by Gasteiger charge is 2.30. The highest BCUT2D eigenvalue weighted by atomic mass is 31.2. The van der Waals surface area contributed by atoms with Crippen LogP contribution in [0.2, 0.25) is 0 Å². The van der Waals surface area contributed by atoms with Crippen LogP contribution in [0, 0.1) is 0 Å². The number of phosphoric ester groups is 2. The smallest absolute Gasteiger partial charge is 0.462 e. The minimum Gasteiger partial charge on any atom is -0.462 e. The Morgan fingerprint density at radius 3 is 0.755 bits per heavy atom. The number of esters is 4. The number of aliphatic hydroxyl groups excluding tert-OH is 1. The maximum Gasteiger partial charge on any atom is 0.472 e. The molecule has 0 spiro atoms. The fourth-order valence-corrected chi connectivity index (χ4v) is 12.4. The molecule has 106 heavy (non-hydrogen) atoms. The standard InChI is InChI=1S/C87H148O17P2/c1-5-9-13-17-21-25-29-33-37-39-40-42-46-48-52-56-60-64-68-72-85(90)98-78-83(104-87(92)74-70-66-62-58-54-50-44-36-32-28-24-20-16-12-8-4)80-102-106(95,96)100-76-81(88)75-99-105(93,94)101-79-82(103-86(91)73-69-65-61-57-53-49-43-35-31-27-23-19-15-11-7-3)77-97-84(89)71-67-63-59-55-51-47-45-41-38-34-30-26-22-18-14-10-6-2/h10,12,14,16,21-28,33-38,40,42-44,81-83,88H,5-9,11,13,15,17-20,29-32,39,41,45-80H2,1-4H3,(H,93,94)(H,95,96)/b14-10-,16-12-,25-21-,26-22-,27-23-,28-24-,37-33-,38-34-,42-40-,43-35-,44-36-. The van der Waals surface area contributed by atoms with Crippen LogP contribution >= 0.6 is 15.6 Å². The highest BCUT2D eigenvalue weighted by Crippen LogP contribution is 2.45. The van der Waals surface area contributed by atoms with Gasteiger partial charge in [0.05, 0.1) is 26.4 Å². The molecule has 0 saturated heterocycles. The van der Waals surface area contributed by atoms with Gasteiger partial charge >= 0.3 is 39.5 Å². The topological polar surface area (TPSA) is 237 Å². The monoisotopic (exact) mass is 1530 g/mol. The Morgan fingerprint density at radius 1 is 0.274 bits per heavy atom. The van der Waals surface area contributed by atoms with Crippen LogP contribution in [0.15, 0.2) is 134 Å². The summed E-state index contributed by atoms with van der Waals surface area (Å²) in [5.41, 5.74) is 0. The molecule has 608 valence electrons. The maximum absolute atomic E-state index is 13.1. The first kappa shape index (κ1) is 101. The van der Waals surface area contributed by atoms with Crippen molar-refractivity contribution in [3.63, 3.8) is 0 Å². The number of carbonyl (C=O) groups excluding carboxylic acids is 4. The molecule has 5 unspecified atom stereocenters. The molecule has 0 fully saturated rings. The molecule has 0 amide bonds. The molecule has 19 heteroatoms. The SMILES string of the molecule is CC/C=C\C/C=C\C/C=C\CCCCCCCCCC(=O)OCC(COP(=O)(O)OCC(O)COP(=O)(O)OCC(COC(=O)CCCCCCCC/C=C\C/C=C\C/C=C\CCCCC)OC(=O)CCCCCCC/C=C\C/C=C\C/C=C\CC)OC(=O)CCCCCCC/C=C\C/C=C\CCCCC. The van der Waals surface area contributed by atoms with Crippen molar-refractivity contribution in [3.8, 4) is 0 Å². The second-order valence-corrected chi connectivity index (χ2v) is 30.2. The lowest BCUT2D eigenvalue weighted by atomic mass is 10.1. The molecule has 0 rings (SSSR count). The van der Waals surface area contributed by atoms with Crippen LogP contribution in [0.5, 0.6) is 0 Å². The molecule has 0 radical (unpaired) electrons. The van der Waals surface area contributed by atoms with E-state index in [0.29, 0.717) is 25.7 Å². The lowest BCUT2D eigenvalue weighted by Crippen LogP contribution is -2.30. The quantitative estimate of drug-likeness (QED) is 0.0169. The van der Waals surface area contributed by atoms with Crippen LogP contribution in [-0.4, -0.2) is 96.7 Å². The first-order valence-electron chi connectivity index (χ1n) is 41.4. The number of unbranched alkanes of at least 4 members (excludes halogenated alkanes) is 29. The van der Waals surface area contributed by atoms with E-state index in [2.05, 4.69) is 161 Å². The normalized spacial score (nSPS) is 14.5. The number of phosphoric acid groups is 2. The van der Waals surface area contributed by atoms with Gasteiger partial charge in [-0.25, -0.2) is 9.13 Å². The minimum atomic E-state index is -4.99. The summed E-state index contributed by atoms with van der Waals surface area (Å²) in [6.07, 6.45) is 88.4. The van der Waals surface area contributed by atoms with Gasteiger partial charge in [-0.15, -0.1) is 0 Å². The fourth-order valence-electron chi connectivity index (χ4n) is 10.8. The summed E-state index contributed by atoms with van der Waals surface area (Å²) in [7, 11) is -9.98. The van der Waals surface area contributed by atoms with Gasteiger partial charge in [-0.05, 0) is 161 Å². The summed E-state index contributed by atoms with van der Waals surface area (Å²) < 4.78 is 68.7. The van der Waals surface area contributed by atoms with Crippen molar-refractivity contribution < 1.29 is 80.2 Å². The third-order valence-electron chi connectivity index (χ3n) is 17.1. The Balaban J connectivity index is 5.40. The Labute approximate surface area is 644 Å². The van der Waals surface area contributed by atoms with Crippen LogP contribution in [0.25, 0.3) is 0 Å². The number of hydrogen-bond acceptors (Lipinski definition) is 15. The molecule has 0 aromatic heterocycles. The zero-order valence-corrected chi connectivity index (χ0v) is 68.4. The fraction of sp³-hybridized carbons (Fsp3) is 0.701. The van der Waals surface area contributed by atoms with Crippen molar-refractivity contribution >= 4 is 39.5 Å². The van der Waals surface area contributed by atoms with Gasteiger partial charge in [0.25, 0.3) is 0 Å². The molecule has 0 aliphatic carbocycles. The van der Waals surface area contributed by atoms with Crippen LogP contribution in [0.4, 0.5) is 0 Å². The number of ether oxygens (including phenoxy) is 4. The number of hydrogen-bond donors (Lipinski definition) is 3. The van der Waals surface area contributed by atoms with Crippen molar-refractivity contribution in [2.24, 2.45) is 0 Å². The minimum absolute atomic E-state index is 0.0695.